The zero-order valence-electron chi connectivity index (χ0n) is 15.0. The average Bonchev–Trinajstić information content (AvgIpc) is 2.53. The molecule has 0 aliphatic carbocycles. The number of nitrogens with one attached hydrogen (secondary N) is 1. The van der Waals surface area contributed by atoms with Gasteiger partial charge in [0.2, 0.25) is 5.91 Å². The minimum absolute atomic E-state index is 0.0621. The van der Waals surface area contributed by atoms with Crippen molar-refractivity contribution in [3.63, 3.8) is 0 Å². The average molecular weight is 360 g/mol. The quantitative estimate of drug-likeness (QED) is 0.861. The minimum Gasteiger partial charge on any atom is -0.352 e. The lowest BCUT2D eigenvalue weighted by Crippen LogP contribution is -2.43. The Morgan fingerprint density at radius 1 is 1.08 bits per heavy atom. The van der Waals surface area contributed by atoms with Gasteiger partial charge in [-0.05, 0) is 51.5 Å². The van der Waals surface area contributed by atoms with Crippen LogP contribution in [0.15, 0.2) is 53.4 Å². The molecule has 0 saturated heterocycles. The number of rotatable bonds is 6. The molecule has 1 N–H and O–H groups in total. The summed E-state index contributed by atoms with van der Waals surface area (Å²) in [6.45, 7) is 7.20. The Bertz CT molecular complexity index is 846. The van der Waals surface area contributed by atoms with Crippen LogP contribution in [-0.2, 0) is 14.8 Å². The second-order valence-corrected chi connectivity index (χ2v) is 8.20. The highest BCUT2D eigenvalue weighted by atomic mass is 32.2. The maximum atomic E-state index is 13.1. The molecular formula is C19H24N2O3S. The van der Waals surface area contributed by atoms with Gasteiger partial charge in [0.15, 0.2) is 0 Å². The van der Waals surface area contributed by atoms with E-state index in [2.05, 4.69) is 5.32 Å². The second kappa shape index (κ2) is 7.70. The summed E-state index contributed by atoms with van der Waals surface area (Å²) < 4.78 is 27.4. The largest absolute Gasteiger partial charge is 0.352 e. The fraction of sp³-hybridized carbons (Fsp3) is 0.316. The van der Waals surface area contributed by atoms with Crippen LogP contribution < -0.4 is 9.62 Å². The number of benzene rings is 2. The zero-order chi connectivity index (χ0) is 18.6. The topological polar surface area (TPSA) is 66.5 Å². The van der Waals surface area contributed by atoms with Crippen LogP contribution >= 0.6 is 0 Å². The van der Waals surface area contributed by atoms with Gasteiger partial charge < -0.3 is 5.32 Å². The summed E-state index contributed by atoms with van der Waals surface area (Å²) in [7, 11) is -3.85. The second-order valence-electron chi connectivity index (χ2n) is 6.34. The van der Waals surface area contributed by atoms with Crippen LogP contribution in [0, 0.1) is 13.8 Å². The standard InChI is InChI=1S/C19H24N2O3S/c1-14(2)20-19(22)13-21(18-11-10-15(3)12-16(18)4)25(23,24)17-8-6-5-7-9-17/h5-12,14H,13H2,1-4H3,(H,20,22). The van der Waals surface area contributed by atoms with Gasteiger partial charge in [0.25, 0.3) is 10.0 Å². The monoisotopic (exact) mass is 360 g/mol. The number of sulfonamides is 1. The van der Waals surface area contributed by atoms with Gasteiger partial charge in [-0.3, -0.25) is 9.10 Å². The zero-order valence-corrected chi connectivity index (χ0v) is 15.8. The third-order valence-electron chi connectivity index (χ3n) is 3.69. The number of aryl methyl sites for hydroxylation is 2. The van der Waals surface area contributed by atoms with Crippen molar-refractivity contribution in [3.8, 4) is 0 Å². The van der Waals surface area contributed by atoms with Crippen LogP contribution in [0.25, 0.3) is 0 Å². The number of nitrogens with zero attached hydrogens (tertiary/aromatic N) is 1. The molecule has 0 fully saturated rings. The van der Waals surface area contributed by atoms with Gasteiger partial charge in [0.05, 0.1) is 10.6 Å². The molecule has 0 saturated carbocycles. The third-order valence-corrected chi connectivity index (χ3v) is 5.46. The predicted molar refractivity (Wildman–Crippen MR) is 100 cm³/mol. The van der Waals surface area contributed by atoms with E-state index in [0.717, 1.165) is 11.1 Å². The van der Waals surface area contributed by atoms with Crippen LogP contribution in [0.2, 0.25) is 0 Å². The summed E-state index contributed by atoms with van der Waals surface area (Å²) in [6.07, 6.45) is 0. The van der Waals surface area contributed by atoms with E-state index in [1.807, 2.05) is 39.8 Å². The maximum absolute atomic E-state index is 13.1. The molecule has 0 bridgehead atoms. The Morgan fingerprint density at radius 2 is 1.72 bits per heavy atom. The van der Waals surface area contributed by atoms with Gasteiger partial charge in [-0.15, -0.1) is 0 Å². The fourth-order valence-electron chi connectivity index (χ4n) is 2.60. The normalized spacial score (nSPS) is 11.4. The molecule has 2 aromatic rings. The van der Waals surface area contributed by atoms with Crippen molar-refractivity contribution in [1.82, 2.24) is 5.32 Å². The molecule has 0 radical (unpaired) electrons. The number of carbonyl (C=O) groups excluding carboxylic acids is 1. The summed E-state index contributed by atoms with van der Waals surface area (Å²) in [5.74, 6) is -0.338. The first kappa shape index (κ1) is 19.0. The molecule has 6 heteroatoms. The van der Waals surface area contributed by atoms with Crippen LogP contribution in [0.3, 0.4) is 0 Å². The van der Waals surface area contributed by atoms with Gasteiger partial charge in [-0.1, -0.05) is 35.9 Å². The first-order valence-corrected chi connectivity index (χ1v) is 9.60. The Morgan fingerprint density at radius 3 is 2.28 bits per heavy atom. The van der Waals surface area contributed by atoms with Crippen molar-refractivity contribution in [2.75, 3.05) is 10.8 Å². The Labute approximate surface area is 149 Å². The van der Waals surface area contributed by atoms with Crippen molar-refractivity contribution in [2.24, 2.45) is 0 Å². The van der Waals surface area contributed by atoms with Crippen LogP contribution in [0.1, 0.15) is 25.0 Å². The molecule has 0 aromatic heterocycles. The molecule has 5 nitrogen and oxygen atoms in total. The third kappa shape index (κ3) is 4.60. The fourth-order valence-corrected chi connectivity index (χ4v) is 4.11. The summed E-state index contributed by atoms with van der Waals surface area (Å²) >= 11 is 0. The van der Waals surface area contributed by atoms with Crippen molar-refractivity contribution in [1.29, 1.82) is 0 Å². The maximum Gasteiger partial charge on any atom is 0.264 e. The number of hydrogen-bond donors (Lipinski definition) is 1. The van der Waals surface area contributed by atoms with E-state index in [-0.39, 0.29) is 23.4 Å². The smallest absolute Gasteiger partial charge is 0.264 e. The molecule has 2 aromatic carbocycles. The minimum atomic E-state index is -3.85. The molecule has 0 heterocycles. The SMILES string of the molecule is Cc1ccc(N(CC(=O)NC(C)C)S(=O)(=O)c2ccccc2)c(C)c1. The van der Waals surface area contributed by atoms with Gasteiger partial charge in [0, 0.05) is 6.04 Å². The van der Waals surface area contributed by atoms with E-state index in [1.54, 1.807) is 24.3 Å². The van der Waals surface area contributed by atoms with E-state index in [9.17, 15) is 13.2 Å². The van der Waals surface area contributed by atoms with Crippen LogP contribution in [0.4, 0.5) is 5.69 Å². The molecule has 0 aliphatic rings. The number of carbonyl (C=O) groups is 1. The lowest BCUT2D eigenvalue weighted by molar-refractivity contribution is -0.120. The van der Waals surface area contributed by atoms with E-state index in [1.165, 1.54) is 16.4 Å². The van der Waals surface area contributed by atoms with Gasteiger partial charge >= 0.3 is 0 Å². The highest BCUT2D eigenvalue weighted by Crippen LogP contribution is 2.27. The summed E-state index contributed by atoms with van der Waals surface area (Å²) in [5.41, 5.74) is 2.34. The molecule has 0 spiro atoms. The van der Waals surface area contributed by atoms with Crippen molar-refractivity contribution in [2.45, 2.75) is 38.6 Å². The van der Waals surface area contributed by atoms with E-state index >= 15 is 0 Å². The molecular weight excluding hydrogens is 336 g/mol. The Hall–Kier alpha value is -2.34. The van der Waals surface area contributed by atoms with Gasteiger partial charge in [0.1, 0.15) is 6.54 Å². The van der Waals surface area contributed by atoms with Gasteiger partial charge in [-0.2, -0.15) is 0 Å². The van der Waals surface area contributed by atoms with Crippen molar-refractivity contribution >= 4 is 21.6 Å². The van der Waals surface area contributed by atoms with Crippen molar-refractivity contribution < 1.29 is 13.2 Å². The number of anilines is 1. The molecule has 134 valence electrons. The highest BCUT2D eigenvalue weighted by molar-refractivity contribution is 7.92. The first-order chi connectivity index (χ1) is 11.7. The first-order valence-electron chi connectivity index (χ1n) is 8.16. The molecule has 2 rings (SSSR count). The molecule has 1 amide bonds. The Balaban J connectivity index is 2.50. The van der Waals surface area contributed by atoms with E-state index < -0.39 is 10.0 Å². The van der Waals surface area contributed by atoms with E-state index in [0.29, 0.717) is 5.69 Å². The molecule has 0 atom stereocenters. The molecule has 0 unspecified atom stereocenters. The lowest BCUT2D eigenvalue weighted by atomic mass is 10.1. The summed E-state index contributed by atoms with van der Waals surface area (Å²) in [6, 6.07) is 13.6. The van der Waals surface area contributed by atoms with Gasteiger partial charge in [-0.25, -0.2) is 8.42 Å². The van der Waals surface area contributed by atoms with E-state index in [4.69, 9.17) is 0 Å². The number of amides is 1. The number of hydrogen-bond acceptors (Lipinski definition) is 3. The lowest BCUT2D eigenvalue weighted by Gasteiger charge is -2.26. The van der Waals surface area contributed by atoms with Crippen LogP contribution in [0.5, 0.6) is 0 Å². The van der Waals surface area contributed by atoms with Crippen LogP contribution in [-0.4, -0.2) is 26.9 Å². The highest BCUT2D eigenvalue weighted by Gasteiger charge is 2.28. The summed E-state index contributed by atoms with van der Waals surface area (Å²) in [4.78, 5) is 12.4. The predicted octanol–water partition coefficient (Wildman–Crippen LogP) is 3.02. The molecule has 0 aliphatic heterocycles. The Kier molecular flexibility index (Phi) is 5.85. The molecule has 25 heavy (non-hydrogen) atoms. The summed E-state index contributed by atoms with van der Waals surface area (Å²) in [5, 5.41) is 2.75. The van der Waals surface area contributed by atoms with Crippen molar-refractivity contribution in [3.05, 3.63) is 59.7 Å².